The van der Waals surface area contributed by atoms with Gasteiger partial charge in [0.15, 0.2) is 0 Å². The van der Waals surface area contributed by atoms with E-state index >= 15 is 0 Å². The van der Waals surface area contributed by atoms with E-state index in [1.807, 2.05) is 81.4 Å². The van der Waals surface area contributed by atoms with Crippen LogP contribution in [0.1, 0.15) is 19.4 Å². The Labute approximate surface area is 183 Å². The fourth-order valence-corrected chi connectivity index (χ4v) is 3.74. The third kappa shape index (κ3) is 4.84. The van der Waals surface area contributed by atoms with Crippen molar-refractivity contribution in [1.82, 2.24) is 0 Å². The van der Waals surface area contributed by atoms with E-state index in [0.29, 0.717) is 28.7 Å². The molecule has 1 aliphatic rings. The second-order valence-corrected chi connectivity index (χ2v) is 8.26. The van der Waals surface area contributed by atoms with Crippen LogP contribution in [0, 0.1) is 12.8 Å². The van der Waals surface area contributed by atoms with Gasteiger partial charge in [-0.1, -0.05) is 18.2 Å². The summed E-state index contributed by atoms with van der Waals surface area (Å²) in [4.78, 5) is 0. The molecular formula is C26H28N2O3. The Kier molecular flexibility index (Phi) is 5.61. The van der Waals surface area contributed by atoms with Gasteiger partial charge in [0, 0.05) is 35.8 Å². The second kappa shape index (κ2) is 8.36. The van der Waals surface area contributed by atoms with E-state index in [2.05, 4.69) is 6.08 Å². The molecule has 1 unspecified atom stereocenters. The highest BCUT2D eigenvalue weighted by Crippen LogP contribution is 2.40. The van der Waals surface area contributed by atoms with Crippen molar-refractivity contribution in [3.05, 3.63) is 84.4 Å². The zero-order valence-corrected chi connectivity index (χ0v) is 18.0. The van der Waals surface area contributed by atoms with Gasteiger partial charge in [0.05, 0.1) is 0 Å². The maximum atomic E-state index is 6.36. The van der Waals surface area contributed by atoms with E-state index in [-0.39, 0.29) is 12.0 Å². The van der Waals surface area contributed by atoms with Crippen molar-refractivity contribution in [2.45, 2.75) is 32.4 Å². The van der Waals surface area contributed by atoms with E-state index in [1.165, 1.54) is 0 Å². The normalized spacial score (nSPS) is 20.6. The first-order valence-corrected chi connectivity index (χ1v) is 10.4. The molecule has 0 aliphatic heterocycles. The number of hydrogen-bond acceptors (Lipinski definition) is 5. The quantitative estimate of drug-likeness (QED) is 0.374. The van der Waals surface area contributed by atoms with Crippen LogP contribution in [0.15, 0.2) is 78.9 Å². The van der Waals surface area contributed by atoms with Crippen LogP contribution in [0.5, 0.6) is 28.7 Å². The zero-order chi connectivity index (χ0) is 22.0. The molecule has 4 rings (SSSR count). The lowest BCUT2D eigenvalue weighted by atomic mass is 9.75. The lowest BCUT2D eigenvalue weighted by molar-refractivity contribution is 0.0619. The SMILES string of the molecule is Cc1cccc(Oc2cc(Oc3ccc(N)cc3)cc(OC3(C)C=C[C@H]3[C@@H](C)N)c2)c1. The van der Waals surface area contributed by atoms with E-state index in [0.717, 1.165) is 11.3 Å². The molecule has 3 atom stereocenters. The van der Waals surface area contributed by atoms with Crippen molar-refractivity contribution in [1.29, 1.82) is 0 Å². The average molecular weight is 417 g/mol. The Balaban J connectivity index is 1.64. The van der Waals surface area contributed by atoms with Crippen molar-refractivity contribution >= 4 is 5.69 Å². The van der Waals surface area contributed by atoms with E-state index in [9.17, 15) is 0 Å². The molecule has 0 radical (unpaired) electrons. The first-order valence-electron chi connectivity index (χ1n) is 10.4. The van der Waals surface area contributed by atoms with Crippen molar-refractivity contribution in [2.24, 2.45) is 11.7 Å². The largest absolute Gasteiger partial charge is 0.483 e. The molecule has 0 spiro atoms. The van der Waals surface area contributed by atoms with E-state index in [1.54, 1.807) is 12.1 Å². The van der Waals surface area contributed by atoms with E-state index < -0.39 is 5.60 Å². The predicted molar refractivity (Wildman–Crippen MR) is 124 cm³/mol. The Morgan fingerprint density at radius 1 is 0.839 bits per heavy atom. The van der Waals surface area contributed by atoms with Crippen LogP contribution in [-0.4, -0.2) is 11.6 Å². The number of aryl methyl sites for hydroxylation is 1. The second-order valence-electron chi connectivity index (χ2n) is 8.26. The summed E-state index contributed by atoms with van der Waals surface area (Å²) in [6.07, 6.45) is 4.12. The summed E-state index contributed by atoms with van der Waals surface area (Å²) in [5.41, 5.74) is 13.2. The summed E-state index contributed by atoms with van der Waals surface area (Å²) in [5.74, 6) is 3.44. The van der Waals surface area contributed by atoms with Gasteiger partial charge >= 0.3 is 0 Å². The highest BCUT2D eigenvalue weighted by Gasteiger charge is 2.41. The van der Waals surface area contributed by atoms with Gasteiger partial charge in [-0.25, -0.2) is 0 Å². The fraction of sp³-hybridized carbons (Fsp3) is 0.231. The van der Waals surface area contributed by atoms with Crippen molar-refractivity contribution in [3.8, 4) is 28.7 Å². The minimum absolute atomic E-state index is 0.00720. The van der Waals surface area contributed by atoms with Crippen LogP contribution in [0.4, 0.5) is 5.69 Å². The van der Waals surface area contributed by atoms with Gasteiger partial charge in [0.25, 0.3) is 0 Å². The minimum atomic E-state index is -0.478. The Morgan fingerprint density at radius 3 is 2.06 bits per heavy atom. The molecule has 0 saturated heterocycles. The Hall–Kier alpha value is -3.44. The standard InChI is InChI=1S/C26H28N2O3/c1-17-5-4-6-21(13-17)30-23-14-22(29-20-9-7-19(28)8-10-20)15-24(16-23)31-26(3)12-11-25(26)18(2)27/h4-16,18,25H,27-28H2,1-3H3/t18-,25+,26?/m1/s1. The van der Waals surface area contributed by atoms with Gasteiger partial charge in [-0.3, -0.25) is 0 Å². The molecule has 0 saturated carbocycles. The lowest BCUT2D eigenvalue weighted by Crippen LogP contribution is -2.51. The number of hydrogen-bond donors (Lipinski definition) is 2. The molecule has 0 amide bonds. The molecule has 5 heteroatoms. The molecule has 1 aliphatic carbocycles. The molecule has 5 nitrogen and oxygen atoms in total. The maximum Gasteiger partial charge on any atom is 0.134 e. The maximum absolute atomic E-state index is 6.36. The molecule has 0 fully saturated rings. The number of rotatable bonds is 7. The van der Waals surface area contributed by atoms with Crippen LogP contribution in [0.3, 0.4) is 0 Å². The fourth-order valence-electron chi connectivity index (χ4n) is 3.74. The molecule has 0 heterocycles. The molecule has 160 valence electrons. The van der Waals surface area contributed by atoms with Crippen molar-refractivity contribution in [3.63, 3.8) is 0 Å². The number of benzene rings is 3. The molecular weight excluding hydrogens is 388 g/mol. The summed E-state index contributed by atoms with van der Waals surface area (Å²) < 4.78 is 18.5. The van der Waals surface area contributed by atoms with E-state index in [4.69, 9.17) is 25.7 Å². The first-order chi connectivity index (χ1) is 14.8. The average Bonchev–Trinajstić information content (AvgIpc) is 2.68. The molecule has 3 aromatic carbocycles. The molecule has 31 heavy (non-hydrogen) atoms. The Bertz CT molecular complexity index is 1090. The van der Waals surface area contributed by atoms with Gasteiger partial charge in [-0.15, -0.1) is 0 Å². The first kappa shape index (κ1) is 20.8. The van der Waals surface area contributed by atoms with Crippen molar-refractivity contribution in [2.75, 3.05) is 5.73 Å². The van der Waals surface area contributed by atoms with Gasteiger partial charge in [0.1, 0.15) is 34.3 Å². The molecule has 0 aromatic heterocycles. The van der Waals surface area contributed by atoms with Crippen molar-refractivity contribution < 1.29 is 14.2 Å². The summed E-state index contributed by atoms with van der Waals surface area (Å²) in [6, 6.07) is 20.7. The number of nitrogen functional groups attached to an aromatic ring is 1. The third-order valence-electron chi connectivity index (χ3n) is 5.40. The summed E-state index contributed by atoms with van der Waals surface area (Å²) in [5, 5.41) is 0. The topological polar surface area (TPSA) is 79.7 Å². The van der Waals surface area contributed by atoms with Crippen LogP contribution in [-0.2, 0) is 0 Å². The third-order valence-corrected chi connectivity index (χ3v) is 5.40. The number of anilines is 1. The predicted octanol–water partition coefficient (Wildman–Crippen LogP) is 5.83. The summed E-state index contributed by atoms with van der Waals surface area (Å²) in [7, 11) is 0. The highest BCUT2D eigenvalue weighted by atomic mass is 16.5. The van der Waals surface area contributed by atoms with Gasteiger partial charge in [0.2, 0.25) is 0 Å². The van der Waals surface area contributed by atoms with Crippen LogP contribution in [0.25, 0.3) is 0 Å². The van der Waals surface area contributed by atoms with Gasteiger partial charge < -0.3 is 25.7 Å². The molecule has 0 bridgehead atoms. The zero-order valence-electron chi connectivity index (χ0n) is 18.0. The Morgan fingerprint density at radius 2 is 1.48 bits per heavy atom. The van der Waals surface area contributed by atoms with Crippen LogP contribution in [0.2, 0.25) is 0 Å². The highest BCUT2D eigenvalue weighted by molar-refractivity contribution is 5.48. The smallest absolute Gasteiger partial charge is 0.134 e. The monoisotopic (exact) mass is 416 g/mol. The number of ether oxygens (including phenoxy) is 3. The van der Waals surface area contributed by atoms with Gasteiger partial charge in [-0.2, -0.15) is 0 Å². The minimum Gasteiger partial charge on any atom is -0.483 e. The van der Waals surface area contributed by atoms with Crippen LogP contribution >= 0.6 is 0 Å². The molecule has 4 N–H and O–H groups in total. The lowest BCUT2D eigenvalue weighted by Gasteiger charge is -2.42. The number of nitrogens with two attached hydrogens (primary N) is 2. The molecule has 3 aromatic rings. The van der Waals surface area contributed by atoms with Crippen LogP contribution < -0.4 is 25.7 Å². The van der Waals surface area contributed by atoms with Gasteiger partial charge in [-0.05, 0) is 68.8 Å². The summed E-state index contributed by atoms with van der Waals surface area (Å²) in [6.45, 7) is 6.05. The summed E-state index contributed by atoms with van der Waals surface area (Å²) >= 11 is 0.